The summed E-state index contributed by atoms with van der Waals surface area (Å²) in [6, 6.07) is 21.8. The van der Waals surface area contributed by atoms with Crippen LogP contribution in [-0.2, 0) is 0 Å². The van der Waals surface area contributed by atoms with Gasteiger partial charge in [0.05, 0.1) is 27.2 Å². The van der Waals surface area contributed by atoms with E-state index in [-0.39, 0.29) is 0 Å². The number of benzene rings is 3. The molecule has 0 spiro atoms. The highest BCUT2D eigenvalue weighted by Crippen LogP contribution is 2.34. The minimum Gasteiger partial charge on any atom is -0.353 e. The maximum Gasteiger partial charge on any atom is 0.213 e. The second-order valence-corrected chi connectivity index (χ2v) is 6.18. The minimum absolute atomic E-state index is 0.635. The largest absolute Gasteiger partial charge is 0.353 e. The molecule has 0 radical (unpaired) electrons. The van der Waals surface area contributed by atoms with Crippen LogP contribution in [0.2, 0.25) is 10.0 Å². The van der Waals surface area contributed by atoms with E-state index in [2.05, 4.69) is 34.6 Å². The van der Waals surface area contributed by atoms with Gasteiger partial charge in [-0.2, -0.15) is 0 Å². The fourth-order valence-corrected chi connectivity index (χ4v) is 3.11. The van der Waals surface area contributed by atoms with Crippen molar-refractivity contribution in [3.8, 4) is 0 Å². The molecule has 112 valence electrons. The maximum absolute atomic E-state index is 6.32. The third-order valence-electron chi connectivity index (χ3n) is 3.85. The molecule has 3 aromatic carbocycles. The zero-order chi connectivity index (χ0) is 15.8. The van der Waals surface area contributed by atoms with Gasteiger partial charge in [0.15, 0.2) is 0 Å². The number of fused-ring (bicyclic) bond motifs is 2. The Morgan fingerprint density at radius 1 is 0.739 bits per heavy atom. The SMILES string of the molecule is Clc1ccc(Cl)c(Nc2c3ccccc3[nH+]c3ccccc23)c1. The topological polar surface area (TPSA) is 26.2 Å². The monoisotopic (exact) mass is 339 g/mol. The van der Waals surface area contributed by atoms with Gasteiger partial charge in [-0.15, -0.1) is 0 Å². The maximum atomic E-state index is 6.32. The lowest BCUT2D eigenvalue weighted by molar-refractivity contribution is -0.310. The number of rotatable bonds is 2. The summed E-state index contributed by atoms with van der Waals surface area (Å²) in [6.45, 7) is 0. The highest BCUT2D eigenvalue weighted by atomic mass is 35.5. The first-order valence-corrected chi connectivity index (χ1v) is 8.03. The predicted octanol–water partition coefficient (Wildman–Crippen LogP) is 5.86. The van der Waals surface area contributed by atoms with Gasteiger partial charge in [-0.3, -0.25) is 0 Å². The van der Waals surface area contributed by atoms with Crippen molar-refractivity contribution >= 4 is 56.4 Å². The normalized spacial score (nSPS) is 11.0. The Morgan fingerprint density at radius 3 is 2.00 bits per heavy atom. The van der Waals surface area contributed by atoms with Crippen molar-refractivity contribution in [2.24, 2.45) is 0 Å². The molecule has 2 N–H and O–H groups in total. The summed E-state index contributed by atoms with van der Waals surface area (Å²) < 4.78 is 0. The third-order valence-corrected chi connectivity index (χ3v) is 4.41. The van der Waals surface area contributed by atoms with Gasteiger partial charge in [-0.25, -0.2) is 4.98 Å². The Bertz CT molecular complexity index is 974. The molecule has 0 aliphatic heterocycles. The van der Waals surface area contributed by atoms with Crippen molar-refractivity contribution in [3.05, 3.63) is 76.8 Å². The van der Waals surface area contributed by atoms with E-state index in [0.29, 0.717) is 10.0 Å². The summed E-state index contributed by atoms with van der Waals surface area (Å²) in [5.74, 6) is 0. The Labute approximate surface area is 143 Å². The molecular formula is C19H13Cl2N2+. The van der Waals surface area contributed by atoms with E-state index in [4.69, 9.17) is 23.2 Å². The van der Waals surface area contributed by atoms with Gasteiger partial charge in [-0.05, 0) is 30.3 Å². The smallest absolute Gasteiger partial charge is 0.213 e. The Kier molecular flexibility index (Phi) is 3.56. The lowest BCUT2D eigenvalue weighted by atomic mass is 10.1. The third kappa shape index (κ3) is 2.61. The number of H-pyrrole nitrogens is 1. The van der Waals surface area contributed by atoms with E-state index < -0.39 is 0 Å². The fourth-order valence-electron chi connectivity index (χ4n) is 2.77. The molecule has 0 bridgehead atoms. The van der Waals surface area contributed by atoms with E-state index in [9.17, 15) is 0 Å². The van der Waals surface area contributed by atoms with Crippen LogP contribution in [0.5, 0.6) is 0 Å². The quantitative estimate of drug-likeness (QED) is 0.455. The highest BCUT2D eigenvalue weighted by Gasteiger charge is 2.14. The molecule has 0 aliphatic carbocycles. The Hall–Kier alpha value is -2.29. The van der Waals surface area contributed by atoms with E-state index in [1.807, 2.05) is 30.3 Å². The predicted molar refractivity (Wildman–Crippen MR) is 97.8 cm³/mol. The number of aromatic nitrogens is 1. The number of anilines is 2. The van der Waals surface area contributed by atoms with Crippen molar-refractivity contribution in [2.45, 2.75) is 0 Å². The molecule has 0 atom stereocenters. The van der Waals surface area contributed by atoms with E-state index in [0.717, 1.165) is 33.2 Å². The first-order chi connectivity index (χ1) is 11.2. The standard InChI is InChI=1S/C19H12Cl2N2/c20-12-9-10-15(21)18(11-12)23-19-13-5-1-3-7-16(13)22-17-8-4-2-6-14(17)19/h1-11H,(H,22,23)/p+1. The molecule has 4 rings (SSSR count). The van der Waals surface area contributed by atoms with E-state index in [1.165, 1.54) is 0 Å². The van der Waals surface area contributed by atoms with Crippen molar-refractivity contribution < 1.29 is 4.98 Å². The van der Waals surface area contributed by atoms with Crippen LogP contribution >= 0.6 is 23.2 Å². The van der Waals surface area contributed by atoms with E-state index >= 15 is 0 Å². The van der Waals surface area contributed by atoms with Crippen LogP contribution < -0.4 is 10.3 Å². The van der Waals surface area contributed by atoms with Gasteiger partial charge < -0.3 is 5.32 Å². The average Bonchev–Trinajstić information content (AvgIpc) is 2.58. The summed E-state index contributed by atoms with van der Waals surface area (Å²) in [5, 5.41) is 6.94. The first-order valence-electron chi connectivity index (χ1n) is 7.27. The molecule has 1 aromatic heterocycles. The summed E-state index contributed by atoms with van der Waals surface area (Å²) in [7, 11) is 0. The Morgan fingerprint density at radius 2 is 1.35 bits per heavy atom. The van der Waals surface area contributed by atoms with Crippen molar-refractivity contribution in [1.29, 1.82) is 0 Å². The number of halogens is 2. The van der Waals surface area contributed by atoms with Gasteiger partial charge in [-0.1, -0.05) is 47.5 Å². The number of pyridine rings is 1. The van der Waals surface area contributed by atoms with Crippen LogP contribution in [-0.4, -0.2) is 0 Å². The molecule has 0 saturated heterocycles. The van der Waals surface area contributed by atoms with Crippen molar-refractivity contribution in [3.63, 3.8) is 0 Å². The van der Waals surface area contributed by atoms with Gasteiger partial charge in [0.1, 0.15) is 0 Å². The fraction of sp³-hybridized carbons (Fsp3) is 0. The number of para-hydroxylation sites is 2. The molecule has 23 heavy (non-hydrogen) atoms. The molecule has 0 saturated carbocycles. The van der Waals surface area contributed by atoms with Gasteiger partial charge in [0.2, 0.25) is 11.0 Å². The zero-order valence-corrected chi connectivity index (χ0v) is 13.6. The summed E-state index contributed by atoms with van der Waals surface area (Å²) in [6.07, 6.45) is 0. The molecule has 0 aliphatic rings. The molecular weight excluding hydrogens is 327 g/mol. The summed E-state index contributed by atoms with van der Waals surface area (Å²) in [4.78, 5) is 3.46. The molecule has 4 aromatic rings. The molecule has 0 fully saturated rings. The molecule has 2 nitrogen and oxygen atoms in total. The molecule has 0 amide bonds. The van der Waals surface area contributed by atoms with Crippen LogP contribution in [0.25, 0.3) is 21.8 Å². The minimum atomic E-state index is 0.635. The van der Waals surface area contributed by atoms with Crippen LogP contribution in [0.1, 0.15) is 0 Å². The lowest BCUT2D eigenvalue weighted by Gasteiger charge is -2.12. The molecule has 1 heterocycles. The van der Waals surface area contributed by atoms with Crippen LogP contribution in [0, 0.1) is 0 Å². The van der Waals surface area contributed by atoms with Gasteiger partial charge in [0, 0.05) is 17.2 Å². The second-order valence-electron chi connectivity index (χ2n) is 5.34. The number of hydrogen-bond donors (Lipinski definition) is 1. The molecule has 4 heteroatoms. The zero-order valence-electron chi connectivity index (χ0n) is 12.1. The lowest BCUT2D eigenvalue weighted by Crippen LogP contribution is -2.07. The first kappa shape index (κ1) is 14.3. The summed E-state index contributed by atoms with van der Waals surface area (Å²) >= 11 is 12.4. The second kappa shape index (κ2) is 5.73. The van der Waals surface area contributed by atoms with Crippen molar-refractivity contribution in [2.75, 3.05) is 5.32 Å². The Balaban J connectivity index is 2.01. The summed E-state index contributed by atoms with van der Waals surface area (Å²) in [5.41, 5.74) is 3.93. The highest BCUT2D eigenvalue weighted by molar-refractivity contribution is 6.35. The number of aromatic amines is 1. The van der Waals surface area contributed by atoms with Crippen molar-refractivity contribution in [1.82, 2.24) is 0 Å². The number of hydrogen-bond acceptors (Lipinski definition) is 1. The number of nitrogens with one attached hydrogen (secondary N) is 2. The van der Waals surface area contributed by atoms with Crippen LogP contribution in [0.15, 0.2) is 66.7 Å². The van der Waals surface area contributed by atoms with Gasteiger partial charge >= 0.3 is 0 Å². The van der Waals surface area contributed by atoms with E-state index in [1.54, 1.807) is 12.1 Å². The molecule has 0 unspecified atom stereocenters. The van der Waals surface area contributed by atoms with Crippen LogP contribution in [0.3, 0.4) is 0 Å². The van der Waals surface area contributed by atoms with Gasteiger partial charge in [0.25, 0.3) is 0 Å². The van der Waals surface area contributed by atoms with Crippen LogP contribution in [0.4, 0.5) is 11.4 Å². The average molecular weight is 340 g/mol.